The summed E-state index contributed by atoms with van der Waals surface area (Å²) < 4.78 is 27.6. The Morgan fingerprint density at radius 3 is 2.65 bits per heavy atom. The summed E-state index contributed by atoms with van der Waals surface area (Å²) in [4.78, 5) is 0.197. The van der Waals surface area contributed by atoms with Crippen molar-refractivity contribution in [3.8, 4) is 0 Å². The summed E-state index contributed by atoms with van der Waals surface area (Å²) in [7, 11) is -3.59. The lowest BCUT2D eigenvalue weighted by Gasteiger charge is -2.36. The van der Waals surface area contributed by atoms with Crippen LogP contribution in [-0.4, -0.2) is 37.0 Å². The minimum Gasteiger partial charge on any atom is -0.399 e. The molecule has 0 atom stereocenters. The number of hydrogen-bond donors (Lipinski definition) is 2. The zero-order valence-electron chi connectivity index (χ0n) is 11.1. The van der Waals surface area contributed by atoms with E-state index in [4.69, 9.17) is 10.8 Å². The van der Waals surface area contributed by atoms with E-state index in [0.29, 0.717) is 23.1 Å². The van der Waals surface area contributed by atoms with E-state index in [1.165, 1.54) is 10.4 Å². The number of sulfonamides is 1. The summed E-state index contributed by atoms with van der Waals surface area (Å²) in [6.45, 7) is 0.321. The highest BCUT2D eigenvalue weighted by molar-refractivity contribution is 9.10. The number of aliphatic hydroxyl groups is 1. The molecule has 112 valence electrons. The molecule has 1 aromatic rings. The summed E-state index contributed by atoms with van der Waals surface area (Å²) in [5.74, 6) is 0. The van der Waals surface area contributed by atoms with Crippen LogP contribution in [0.2, 0.25) is 0 Å². The molecule has 1 aliphatic carbocycles. The Hall–Kier alpha value is -0.630. The van der Waals surface area contributed by atoms with Gasteiger partial charge in [0.05, 0.1) is 4.90 Å². The maximum Gasteiger partial charge on any atom is 0.244 e. The first-order valence-electron chi connectivity index (χ1n) is 6.64. The molecule has 3 N–H and O–H groups in total. The first-order chi connectivity index (χ1) is 9.46. The second kappa shape index (κ2) is 6.43. The van der Waals surface area contributed by atoms with E-state index in [1.807, 2.05) is 0 Å². The van der Waals surface area contributed by atoms with Gasteiger partial charge in [-0.2, -0.15) is 4.31 Å². The van der Waals surface area contributed by atoms with Crippen molar-refractivity contribution in [2.75, 3.05) is 18.9 Å². The Balaban J connectivity index is 2.36. The smallest absolute Gasteiger partial charge is 0.244 e. The lowest BCUT2D eigenvalue weighted by Crippen LogP contribution is -2.44. The van der Waals surface area contributed by atoms with Crippen LogP contribution < -0.4 is 5.73 Å². The van der Waals surface area contributed by atoms with E-state index < -0.39 is 10.0 Å². The average molecular weight is 363 g/mol. The van der Waals surface area contributed by atoms with Gasteiger partial charge in [0.25, 0.3) is 0 Å². The fraction of sp³-hybridized carbons (Fsp3) is 0.538. The Morgan fingerprint density at radius 1 is 1.40 bits per heavy atom. The first-order valence-corrected chi connectivity index (χ1v) is 8.88. The average Bonchev–Trinajstić information content (AvgIpc) is 2.34. The molecule has 0 radical (unpaired) electrons. The van der Waals surface area contributed by atoms with Gasteiger partial charge in [0.15, 0.2) is 0 Å². The maximum absolute atomic E-state index is 12.8. The number of halogens is 1. The van der Waals surface area contributed by atoms with Gasteiger partial charge in [0, 0.05) is 29.4 Å². The molecule has 1 aliphatic rings. The van der Waals surface area contributed by atoms with Crippen molar-refractivity contribution < 1.29 is 13.5 Å². The van der Waals surface area contributed by atoms with Gasteiger partial charge in [0.1, 0.15) is 0 Å². The first kappa shape index (κ1) is 15.8. The van der Waals surface area contributed by atoms with Crippen molar-refractivity contribution in [2.24, 2.45) is 0 Å². The van der Waals surface area contributed by atoms with E-state index >= 15 is 0 Å². The number of hydrogen-bond acceptors (Lipinski definition) is 4. The highest BCUT2D eigenvalue weighted by Gasteiger charge is 2.35. The topological polar surface area (TPSA) is 83.6 Å². The summed E-state index contributed by atoms with van der Waals surface area (Å²) >= 11 is 3.28. The van der Waals surface area contributed by atoms with Crippen molar-refractivity contribution in [1.82, 2.24) is 4.31 Å². The van der Waals surface area contributed by atoms with Crippen LogP contribution in [0.15, 0.2) is 27.6 Å². The monoisotopic (exact) mass is 362 g/mol. The number of nitrogen functional groups attached to an aromatic ring is 1. The van der Waals surface area contributed by atoms with E-state index in [0.717, 1.165) is 19.3 Å². The van der Waals surface area contributed by atoms with Crippen LogP contribution >= 0.6 is 15.9 Å². The molecular weight excluding hydrogens is 344 g/mol. The van der Waals surface area contributed by atoms with Crippen molar-refractivity contribution in [3.63, 3.8) is 0 Å². The zero-order chi connectivity index (χ0) is 14.8. The predicted molar refractivity (Wildman–Crippen MR) is 81.8 cm³/mol. The van der Waals surface area contributed by atoms with Crippen LogP contribution in [0.5, 0.6) is 0 Å². The van der Waals surface area contributed by atoms with Gasteiger partial charge in [-0.1, -0.05) is 6.42 Å². The van der Waals surface area contributed by atoms with Crippen LogP contribution in [0.1, 0.15) is 25.7 Å². The molecule has 0 aliphatic heterocycles. The number of nitrogens with zero attached hydrogens (tertiary/aromatic N) is 1. The molecular formula is C13H19BrN2O3S. The third-order valence-corrected chi connectivity index (χ3v) is 6.51. The number of nitrogens with two attached hydrogens (primary N) is 1. The normalized spacial score (nSPS) is 16.4. The Labute approximate surface area is 128 Å². The molecule has 1 fully saturated rings. The van der Waals surface area contributed by atoms with E-state index in [1.54, 1.807) is 12.1 Å². The van der Waals surface area contributed by atoms with Gasteiger partial charge in [-0.15, -0.1) is 0 Å². The number of aliphatic hydroxyl groups excluding tert-OH is 1. The third kappa shape index (κ3) is 3.16. The largest absolute Gasteiger partial charge is 0.399 e. The molecule has 0 unspecified atom stereocenters. The zero-order valence-corrected chi connectivity index (χ0v) is 13.5. The standard InChI is InChI=1S/C13H19BrN2O3S/c14-12-6-5-10(15)9-13(12)20(18,19)16(7-2-8-17)11-3-1-4-11/h5-6,9,11,17H,1-4,7-8,15H2. The molecule has 0 amide bonds. The minimum absolute atomic E-state index is 0.0170. The van der Waals surface area contributed by atoms with Gasteiger partial charge >= 0.3 is 0 Å². The molecule has 5 nitrogen and oxygen atoms in total. The van der Waals surface area contributed by atoms with Crippen molar-refractivity contribution in [3.05, 3.63) is 22.7 Å². The van der Waals surface area contributed by atoms with Gasteiger partial charge in [0.2, 0.25) is 10.0 Å². The second-order valence-electron chi connectivity index (χ2n) is 4.97. The fourth-order valence-corrected chi connectivity index (χ4v) is 4.93. The van der Waals surface area contributed by atoms with Crippen LogP contribution in [-0.2, 0) is 10.0 Å². The SMILES string of the molecule is Nc1ccc(Br)c(S(=O)(=O)N(CCCO)C2CCC2)c1. The number of anilines is 1. The van der Waals surface area contributed by atoms with Crippen LogP contribution in [0.4, 0.5) is 5.69 Å². The molecule has 0 heterocycles. The Bertz CT molecular complexity index is 573. The molecule has 20 heavy (non-hydrogen) atoms. The molecule has 2 rings (SSSR count). The maximum atomic E-state index is 12.8. The second-order valence-corrected chi connectivity index (χ2v) is 7.68. The van der Waals surface area contributed by atoms with E-state index in [9.17, 15) is 8.42 Å². The lowest BCUT2D eigenvalue weighted by molar-refractivity contribution is 0.198. The summed E-state index contributed by atoms with van der Waals surface area (Å²) in [5.41, 5.74) is 6.12. The molecule has 0 saturated heterocycles. The molecule has 1 aromatic carbocycles. The van der Waals surface area contributed by atoms with Crippen molar-refractivity contribution in [2.45, 2.75) is 36.6 Å². The van der Waals surface area contributed by atoms with Gasteiger partial charge in [-0.3, -0.25) is 0 Å². The number of benzene rings is 1. The van der Waals surface area contributed by atoms with Crippen LogP contribution in [0.25, 0.3) is 0 Å². The van der Waals surface area contributed by atoms with Gasteiger partial charge in [-0.25, -0.2) is 8.42 Å². The summed E-state index contributed by atoms with van der Waals surface area (Å²) in [6.07, 6.45) is 3.25. The number of rotatable bonds is 6. The Morgan fingerprint density at radius 2 is 2.10 bits per heavy atom. The third-order valence-electron chi connectivity index (χ3n) is 3.56. The van der Waals surface area contributed by atoms with E-state index in [-0.39, 0.29) is 17.5 Å². The minimum atomic E-state index is -3.59. The quantitative estimate of drug-likeness (QED) is 0.757. The molecule has 7 heteroatoms. The molecule has 1 saturated carbocycles. The summed E-state index contributed by atoms with van der Waals surface area (Å²) in [5, 5.41) is 8.97. The molecule has 0 bridgehead atoms. The highest BCUT2D eigenvalue weighted by Crippen LogP contribution is 2.33. The van der Waals surface area contributed by atoms with Crippen molar-refractivity contribution in [1.29, 1.82) is 0 Å². The predicted octanol–water partition coefficient (Wildman–Crippen LogP) is 1.96. The van der Waals surface area contributed by atoms with Crippen molar-refractivity contribution >= 4 is 31.6 Å². The van der Waals surface area contributed by atoms with Crippen LogP contribution in [0.3, 0.4) is 0 Å². The van der Waals surface area contributed by atoms with Gasteiger partial charge < -0.3 is 10.8 Å². The molecule has 0 aromatic heterocycles. The fourth-order valence-electron chi connectivity index (χ4n) is 2.24. The Kier molecular flexibility index (Phi) is 5.06. The van der Waals surface area contributed by atoms with Crippen LogP contribution in [0, 0.1) is 0 Å². The lowest BCUT2D eigenvalue weighted by atomic mass is 9.93. The van der Waals surface area contributed by atoms with E-state index in [2.05, 4.69) is 15.9 Å². The highest BCUT2D eigenvalue weighted by atomic mass is 79.9. The van der Waals surface area contributed by atoms with Gasteiger partial charge in [-0.05, 0) is 53.4 Å². The molecule has 0 spiro atoms. The summed E-state index contributed by atoms with van der Waals surface area (Å²) in [6, 6.07) is 4.82.